The molecule has 2 amide bonds. The second kappa shape index (κ2) is 12.5. The third-order valence-corrected chi connectivity index (χ3v) is 7.03. The minimum atomic E-state index is -0.625. The van der Waals surface area contributed by atoms with E-state index in [-0.39, 0.29) is 25.0 Å². The SMILES string of the molecule is CCCNC(=O)[C@@H](CC)N(Cc1ccc(Cl)c(Cl)c1)C(=O)COc1cc(C)c(Br)c(C)c1. The molecule has 0 spiro atoms. The van der Waals surface area contributed by atoms with E-state index in [1.54, 1.807) is 23.1 Å². The lowest BCUT2D eigenvalue weighted by atomic mass is 10.1. The highest BCUT2D eigenvalue weighted by Gasteiger charge is 2.29. The van der Waals surface area contributed by atoms with Crippen molar-refractivity contribution in [2.75, 3.05) is 13.2 Å². The molecule has 0 aromatic heterocycles. The molecular formula is C24H29BrCl2N2O3. The number of aryl methyl sites for hydroxylation is 2. The van der Waals surface area contributed by atoms with E-state index in [0.29, 0.717) is 28.8 Å². The number of hydrogen-bond acceptors (Lipinski definition) is 3. The third kappa shape index (κ3) is 7.12. The Kier molecular flexibility index (Phi) is 10.3. The van der Waals surface area contributed by atoms with Crippen molar-refractivity contribution < 1.29 is 14.3 Å². The van der Waals surface area contributed by atoms with Gasteiger partial charge in [-0.3, -0.25) is 9.59 Å². The van der Waals surface area contributed by atoms with E-state index in [0.717, 1.165) is 27.6 Å². The summed E-state index contributed by atoms with van der Waals surface area (Å²) in [6.45, 7) is 8.39. The van der Waals surface area contributed by atoms with Gasteiger partial charge in [-0.1, -0.05) is 59.0 Å². The average Bonchev–Trinajstić information content (AvgIpc) is 2.76. The molecular weight excluding hydrogens is 515 g/mol. The lowest BCUT2D eigenvalue weighted by Crippen LogP contribution is -2.50. The predicted octanol–water partition coefficient (Wildman–Crippen LogP) is 6.09. The number of ether oxygens (including phenoxy) is 1. The van der Waals surface area contributed by atoms with Gasteiger partial charge < -0.3 is 15.0 Å². The number of benzene rings is 2. The molecule has 2 rings (SSSR count). The van der Waals surface area contributed by atoms with Gasteiger partial charge in [0, 0.05) is 17.6 Å². The molecule has 2 aromatic carbocycles. The summed E-state index contributed by atoms with van der Waals surface area (Å²) in [5, 5.41) is 3.73. The summed E-state index contributed by atoms with van der Waals surface area (Å²) in [5.41, 5.74) is 2.82. The zero-order valence-electron chi connectivity index (χ0n) is 18.8. The lowest BCUT2D eigenvalue weighted by Gasteiger charge is -2.30. The first-order chi connectivity index (χ1) is 15.2. The fraction of sp³-hybridized carbons (Fsp3) is 0.417. The van der Waals surface area contributed by atoms with Crippen LogP contribution in [0.4, 0.5) is 0 Å². The van der Waals surface area contributed by atoms with Gasteiger partial charge in [-0.2, -0.15) is 0 Å². The van der Waals surface area contributed by atoms with Gasteiger partial charge in [-0.05, 0) is 67.6 Å². The average molecular weight is 544 g/mol. The predicted molar refractivity (Wildman–Crippen MR) is 134 cm³/mol. The Bertz CT molecular complexity index is 945. The molecule has 0 aliphatic rings. The first-order valence-electron chi connectivity index (χ1n) is 10.6. The van der Waals surface area contributed by atoms with Crippen molar-refractivity contribution in [2.24, 2.45) is 0 Å². The monoisotopic (exact) mass is 542 g/mol. The number of rotatable bonds is 10. The summed E-state index contributed by atoms with van der Waals surface area (Å²) in [5.74, 6) is 0.139. The molecule has 8 heteroatoms. The highest BCUT2D eigenvalue weighted by Crippen LogP contribution is 2.27. The molecule has 0 heterocycles. The fourth-order valence-corrected chi connectivity index (χ4v) is 3.89. The molecule has 0 saturated carbocycles. The van der Waals surface area contributed by atoms with Crippen LogP contribution in [-0.4, -0.2) is 35.9 Å². The molecule has 0 radical (unpaired) electrons. The zero-order chi connectivity index (χ0) is 23.8. The molecule has 0 unspecified atom stereocenters. The normalized spacial score (nSPS) is 11.7. The molecule has 1 atom stereocenters. The van der Waals surface area contributed by atoms with Crippen molar-refractivity contribution >= 4 is 50.9 Å². The highest BCUT2D eigenvalue weighted by molar-refractivity contribution is 9.10. The number of nitrogens with one attached hydrogen (secondary N) is 1. The molecule has 1 N–H and O–H groups in total. The molecule has 0 saturated heterocycles. The summed E-state index contributed by atoms with van der Waals surface area (Å²) >= 11 is 15.7. The van der Waals surface area contributed by atoms with Crippen LogP contribution in [0.25, 0.3) is 0 Å². The number of carbonyl (C=O) groups is 2. The van der Waals surface area contributed by atoms with Gasteiger partial charge in [-0.25, -0.2) is 0 Å². The Morgan fingerprint density at radius 3 is 2.31 bits per heavy atom. The molecule has 0 aliphatic heterocycles. The van der Waals surface area contributed by atoms with Crippen LogP contribution in [0.15, 0.2) is 34.8 Å². The van der Waals surface area contributed by atoms with Crippen LogP contribution < -0.4 is 10.1 Å². The fourth-order valence-electron chi connectivity index (χ4n) is 3.34. The van der Waals surface area contributed by atoms with Gasteiger partial charge in [0.2, 0.25) is 5.91 Å². The van der Waals surface area contributed by atoms with Gasteiger partial charge in [0.1, 0.15) is 11.8 Å². The van der Waals surface area contributed by atoms with E-state index in [9.17, 15) is 9.59 Å². The Morgan fingerprint density at radius 2 is 1.75 bits per heavy atom. The first-order valence-corrected chi connectivity index (χ1v) is 12.1. The number of carbonyl (C=O) groups excluding carboxylic acids is 2. The molecule has 5 nitrogen and oxygen atoms in total. The van der Waals surface area contributed by atoms with Gasteiger partial charge >= 0.3 is 0 Å². The van der Waals surface area contributed by atoms with Gasteiger partial charge in [0.05, 0.1) is 10.0 Å². The van der Waals surface area contributed by atoms with Crippen LogP contribution in [0.3, 0.4) is 0 Å². The van der Waals surface area contributed by atoms with E-state index < -0.39 is 6.04 Å². The van der Waals surface area contributed by atoms with Crippen LogP contribution in [-0.2, 0) is 16.1 Å². The number of amides is 2. The molecule has 0 aliphatic carbocycles. The van der Waals surface area contributed by atoms with E-state index in [1.807, 2.05) is 39.8 Å². The lowest BCUT2D eigenvalue weighted by molar-refractivity contribution is -0.143. The molecule has 174 valence electrons. The maximum atomic E-state index is 13.2. The summed E-state index contributed by atoms with van der Waals surface area (Å²) in [4.78, 5) is 27.6. The summed E-state index contributed by atoms with van der Waals surface area (Å²) in [6, 6.07) is 8.32. The number of halogens is 3. The number of nitrogens with zero attached hydrogens (tertiary/aromatic N) is 1. The van der Waals surface area contributed by atoms with Crippen molar-refractivity contribution in [1.82, 2.24) is 10.2 Å². The van der Waals surface area contributed by atoms with Crippen molar-refractivity contribution in [3.63, 3.8) is 0 Å². The van der Waals surface area contributed by atoms with Crippen molar-refractivity contribution in [2.45, 2.75) is 53.1 Å². The topological polar surface area (TPSA) is 58.6 Å². The summed E-state index contributed by atoms with van der Waals surface area (Å²) in [7, 11) is 0. The van der Waals surface area contributed by atoms with Crippen LogP contribution in [0, 0.1) is 13.8 Å². The molecule has 0 fully saturated rings. The van der Waals surface area contributed by atoms with Crippen LogP contribution >= 0.6 is 39.1 Å². The smallest absolute Gasteiger partial charge is 0.261 e. The summed E-state index contributed by atoms with van der Waals surface area (Å²) < 4.78 is 6.82. The van der Waals surface area contributed by atoms with Crippen molar-refractivity contribution in [3.8, 4) is 5.75 Å². The Balaban J connectivity index is 2.25. The van der Waals surface area contributed by atoms with E-state index in [1.165, 1.54) is 0 Å². The minimum Gasteiger partial charge on any atom is -0.484 e. The van der Waals surface area contributed by atoms with Crippen molar-refractivity contribution in [1.29, 1.82) is 0 Å². The van der Waals surface area contributed by atoms with Crippen molar-refractivity contribution in [3.05, 3.63) is 61.5 Å². The Hall–Kier alpha value is -1.76. The molecule has 0 bridgehead atoms. The highest BCUT2D eigenvalue weighted by atomic mass is 79.9. The second-order valence-corrected chi connectivity index (χ2v) is 9.25. The summed E-state index contributed by atoms with van der Waals surface area (Å²) in [6.07, 6.45) is 1.29. The first kappa shape index (κ1) is 26.5. The standard InChI is InChI=1S/C24H29BrCl2N2O3/c1-5-9-28-24(31)21(6-2)29(13-17-7-8-19(26)20(27)12-17)22(30)14-32-18-10-15(3)23(25)16(4)11-18/h7-8,10-12,21H,5-6,9,13-14H2,1-4H3,(H,28,31)/t21-/m1/s1. The Labute approximate surface area is 208 Å². The molecule has 2 aromatic rings. The van der Waals surface area contributed by atoms with Gasteiger partial charge in [0.15, 0.2) is 6.61 Å². The maximum absolute atomic E-state index is 13.2. The van der Waals surface area contributed by atoms with Gasteiger partial charge in [0.25, 0.3) is 5.91 Å². The van der Waals surface area contributed by atoms with E-state index in [2.05, 4.69) is 21.2 Å². The van der Waals surface area contributed by atoms with Crippen LogP contribution in [0.1, 0.15) is 43.4 Å². The number of hydrogen-bond donors (Lipinski definition) is 1. The third-order valence-electron chi connectivity index (χ3n) is 5.04. The van der Waals surface area contributed by atoms with E-state index >= 15 is 0 Å². The van der Waals surface area contributed by atoms with Crippen LogP contribution in [0.5, 0.6) is 5.75 Å². The molecule has 32 heavy (non-hydrogen) atoms. The zero-order valence-corrected chi connectivity index (χ0v) is 21.9. The quantitative estimate of drug-likeness (QED) is 0.394. The Morgan fingerprint density at radius 1 is 1.09 bits per heavy atom. The largest absolute Gasteiger partial charge is 0.484 e. The van der Waals surface area contributed by atoms with Gasteiger partial charge in [-0.15, -0.1) is 0 Å². The maximum Gasteiger partial charge on any atom is 0.261 e. The van der Waals surface area contributed by atoms with Crippen LogP contribution in [0.2, 0.25) is 10.0 Å². The second-order valence-electron chi connectivity index (χ2n) is 7.64. The minimum absolute atomic E-state index is 0.181. The van der Waals surface area contributed by atoms with E-state index in [4.69, 9.17) is 27.9 Å².